The molecule has 0 fully saturated rings. The standard InChI is InChI=1S/C10H15ClN2O2S3/c1-3-8(10(12)16)18(14,15)13(2)6-7-4-5-9(11)17-7/h4-5,8H,3,6H2,1-2H3,(H2,12,16). The highest BCUT2D eigenvalue weighted by atomic mass is 35.5. The molecule has 0 aliphatic rings. The molecule has 8 heteroatoms. The minimum Gasteiger partial charge on any atom is -0.392 e. The van der Waals surface area contributed by atoms with Crippen LogP contribution in [0, 0.1) is 0 Å². The second-order valence-corrected chi connectivity index (χ2v) is 8.30. The van der Waals surface area contributed by atoms with Crippen LogP contribution in [-0.4, -0.2) is 30.0 Å². The van der Waals surface area contributed by atoms with Gasteiger partial charge < -0.3 is 5.73 Å². The molecular formula is C10H15ClN2O2S3. The summed E-state index contributed by atoms with van der Waals surface area (Å²) in [5.74, 6) is 0. The molecule has 1 unspecified atom stereocenters. The number of hydrogen-bond donors (Lipinski definition) is 1. The van der Waals surface area contributed by atoms with Gasteiger partial charge in [-0.25, -0.2) is 8.42 Å². The van der Waals surface area contributed by atoms with Crippen LogP contribution in [0.15, 0.2) is 12.1 Å². The van der Waals surface area contributed by atoms with Gasteiger partial charge in [-0.2, -0.15) is 4.31 Å². The van der Waals surface area contributed by atoms with E-state index in [0.717, 1.165) is 4.88 Å². The van der Waals surface area contributed by atoms with Gasteiger partial charge >= 0.3 is 0 Å². The van der Waals surface area contributed by atoms with Crippen molar-refractivity contribution in [3.63, 3.8) is 0 Å². The maximum atomic E-state index is 12.2. The zero-order valence-corrected chi connectivity index (χ0v) is 13.3. The monoisotopic (exact) mass is 326 g/mol. The highest BCUT2D eigenvalue weighted by molar-refractivity contribution is 7.92. The van der Waals surface area contributed by atoms with Crippen LogP contribution < -0.4 is 5.73 Å². The maximum absolute atomic E-state index is 12.2. The van der Waals surface area contributed by atoms with Crippen molar-refractivity contribution in [1.82, 2.24) is 4.31 Å². The lowest BCUT2D eigenvalue weighted by Gasteiger charge is -2.22. The second kappa shape index (κ2) is 6.29. The fourth-order valence-corrected chi connectivity index (χ4v) is 4.74. The van der Waals surface area contributed by atoms with Crippen molar-refractivity contribution >= 4 is 50.2 Å². The Balaban J connectivity index is 2.88. The third-order valence-electron chi connectivity index (χ3n) is 2.49. The van der Waals surface area contributed by atoms with Gasteiger partial charge in [0.15, 0.2) is 0 Å². The molecule has 18 heavy (non-hydrogen) atoms. The molecule has 2 N–H and O–H groups in total. The van der Waals surface area contributed by atoms with Crippen LogP contribution in [0.3, 0.4) is 0 Å². The minimum atomic E-state index is -3.51. The Kier molecular flexibility index (Phi) is 5.54. The first-order valence-electron chi connectivity index (χ1n) is 5.27. The Morgan fingerprint density at radius 2 is 2.22 bits per heavy atom. The van der Waals surface area contributed by atoms with Crippen LogP contribution in [0.2, 0.25) is 4.34 Å². The molecule has 102 valence electrons. The summed E-state index contributed by atoms with van der Waals surface area (Å²) < 4.78 is 26.4. The summed E-state index contributed by atoms with van der Waals surface area (Å²) in [5, 5.41) is -0.812. The lowest BCUT2D eigenvalue weighted by molar-refractivity contribution is 0.464. The molecule has 4 nitrogen and oxygen atoms in total. The summed E-state index contributed by atoms with van der Waals surface area (Å²) in [6.07, 6.45) is 0.368. The number of halogens is 1. The van der Waals surface area contributed by atoms with Gasteiger partial charge in [-0.1, -0.05) is 30.7 Å². The van der Waals surface area contributed by atoms with E-state index in [1.54, 1.807) is 19.1 Å². The van der Waals surface area contributed by atoms with Gasteiger partial charge in [-0.3, -0.25) is 0 Å². The Morgan fingerprint density at radius 1 is 1.61 bits per heavy atom. The number of thiophene rings is 1. The van der Waals surface area contributed by atoms with Gasteiger partial charge in [0, 0.05) is 18.5 Å². The third-order valence-corrected chi connectivity index (χ3v) is 6.44. The van der Waals surface area contributed by atoms with E-state index in [1.807, 2.05) is 0 Å². The van der Waals surface area contributed by atoms with Gasteiger partial charge in [0.05, 0.1) is 9.32 Å². The van der Waals surface area contributed by atoms with Gasteiger partial charge in [-0.05, 0) is 18.6 Å². The molecule has 1 atom stereocenters. The zero-order chi connectivity index (χ0) is 13.9. The van der Waals surface area contributed by atoms with E-state index in [-0.39, 0.29) is 11.5 Å². The Morgan fingerprint density at radius 3 is 2.61 bits per heavy atom. The number of sulfonamides is 1. The molecule has 1 aromatic rings. The molecule has 0 aliphatic heterocycles. The summed E-state index contributed by atoms with van der Waals surface area (Å²) in [7, 11) is -1.99. The molecule has 1 rings (SSSR count). The first kappa shape index (κ1) is 15.8. The van der Waals surface area contributed by atoms with Crippen LogP contribution in [0.5, 0.6) is 0 Å². The summed E-state index contributed by atoms with van der Waals surface area (Å²) in [6, 6.07) is 3.55. The van der Waals surface area contributed by atoms with Crippen molar-refractivity contribution in [2.24, 2.45) is 5.73 Å². The summed E-state index contributed by atoms with van der Waals surface area (Å²) in [4.78, 5) is 0.887. The van der Waals surface area contributed by atoms with Crippen molar-refractivity contribution in [2.45, 2.75) is 25.1 Å². The predicted molar refractivity (Wildman–Crippen MR) is 80.6 cm³/mol. The molecule has 0 spiro atoms. The third kappa shape index (κ3) is 3.64. The summed E-state index contributed by atoms with van der Waals surface area (Å²) >= 11 is 12.0. The summed E-state index contributed by atoms with van der Waals surface area (Å²) in [5.41, 5.74) is 5.48. The van der Waals surface area contributed by atoms with Gasteiger partial charge in [0.1, 0.15) is 5.25 Å². The average molecular weight is 327 g/mol. The topological polar surface area (TPSA) is 63.4 Å². The van der Waals surface area contributed by atoms with E-state index in [1.165, 1.54) is 22.7 Å². The van der Waals surface area contributed by atoms with Crippen LogP contribution in [0.1, 0.15) is 18.2 Å². The first-order valence-corrected chi connectivity index (χ1v) is 8.38. The molecule has 0 radical (unpaired) electrons. The number of nitrogens with zero attached hydrogens (tertiary/aromatic N) is 1. The van der Waals surface area contributed by atoms with Gasteiger partial charge in [-0.15, -0.1) is 11.3 Å². The SMILES string of the molecule is CCC(C(N)=S)S(=O)(=O)N(C)Cc1ccc(Cl)s1. The molecule has 0 saturated heterocycles. The quantitative estimate of drug-likeness (QED) is 0.814. The fourth-order valence-electron chi connectivity index (χ4n) is 1.52. The second-order valence-electron chi connectivity index (χ2n) is 3.81. The van der Waals surface area contributed by atoms with Crippen LogP contribution in [0.4, 0.5) is 0 Å². The van der Waals surface area contributed by atoms with E-state index in [2.05, 4.69) is 0 Å². The largest absolute Gasteiger partial charge is 0.392 e. The van der Waals surface area contributed by atoms with E-state index in [9.17, 15) is 8.42 Å². The fraction of sp³-hybridized carbons (Fsp3) is 0.500. The lowest BCUT2D eigenvalue weighted by atomic mass is 10.3. The van der Waals surface area contributed by atoms with E-state index in [4.69, 9.17) is 29.6 Å². The van der Waals surface area contributed by atoms with Crippen molar-refractivity contribution in [2.75, 3.05) is 7.05 Å². The van der Waals surface area contributed by atoms with Crippen LogP contribution >= 0.6 is 35.2 Å². The molecule has 0 aliphatic carbocycles. The number of nitrogens with two attached hydrogens (primary N) is 1. The van der Waals surface area contributed by atoms with Crippen LogP contribution in [0.25, 0.3) is 0 Å². The number of thiocarbonyl (C=S) groups is 1. The highest BCUT2D eigenvalue weighted by Crippen LogP contribution is 2.24. The molecule has 0 saturated carbocycles. The Labute approximate surface area is 122 Å². The molecule has 0 amide bonds. The minimum absolute atomic E-state index is 0.00793. The molecule has 1 heterocycles. The van der Waals surface area contributed by atoms with Crippen LogP contribution in [-0.2, 0) is 16.6 Å². The van der Waals surface area contributed by atoms with Crippen molar-refractivity contribution in [3.8, 4) is 0 Å². The van der Waals surface area contributed by atoms with Gasteiger partial charge in [0.2, 0.25) is 10.0 Å². The predicted octanol–water partition coefficient (Wildman–Crippen LogP) is 2.23. The van der Waals surface area contributed by atoms with E-state index in [0.29, 0.717) is 10.8 Å². The Hall–Kier alpha value is -0.210. The van der Waals surface area contributed by atoms with E-state index >= 15 is 0 Å². The Bertz CT molecular complexity index is 527. The number of hydrogen-bond acceptors (Lipinski definition) is 4. The average Bonchev–Trinajstić information content (AvgIpc) is 2.63. The van der Waals surface area contributed by atoms with Crippen molar-refractivity contribution in [3.05, 3.63) is 21.3 Å². The lowest BCUT2D eigenvalue weighted by Crippen LogP contribution is -2.42. The molecule has 0 bridgehead atoms. The van der Waals surface area contributed by atoms with Crippen molar-refractivity contribution in [1.29, 1.82) is 0 Å². The first-order chi connectivity index (χ1) is 8.28. The highest BCUT2D eigenvalue weighted by Gasteiger charge is 2.30. The summed E-state index contributed by atoms with van der Waals surface area (Å²) in [6.45, 7) is 2.02. The molecule has 0 aromatic carbocycles. The zero-order valence-electron chi connectivity index (χ0n) is 10.1. The molecule has 1 aromatic heterocycles. The smallest absolute Gasteiger partial charge is 0.223 e. The normalized spacial score (nSPS) is 13.8. The van der Waals surface area contributed by atoms with Gasteiger partial charge in [0.25, 0.3) is 0 Å². The van der Waals surface area contributed by atoms with Crippen molar-refractivity contribution < 1.29 is 8.42 Å². The number of rotatable bonds is 6. The maximum Gasteiger partial charge on any atom is 0.223 e. The van der Waals surface area contributed by atoms with E-state index < -0.39 is 15.3 Å². The molecular weight excluding hydrogens is 312 g/mol.